The van der Waals surface area contributed by atoms with Crippen LogP contribution in [0, 0.1) is 5.92 Å². The molecule has 0 amide bonds. The molecule has 0 spiro atoms. The lowest BCUT2D eigenvalue weighted by atomic mass is 9.79. The van der Waals surface area contributed by atoms with E-state index in [1.807, 2.05) is 19.3 Å². The number of carboxylic acids is 1. The van der Waals surface area contributed by atoms with E-state index in [2.05, 4.69) is 10.4 Å². The molecule has 2 rings (SSSR count). The predicted octanol–water partition coefficient (Wildman–Crippen LogP) is 0.695. The third-order valence-corrected chi connectivity index (χ3v) is 2.64. The number of rotatable bonds is 3. The van der Waals surface area contributed by atoms with E-state index in [0.29, 0.717) is 0 Å². The van der Waals surface area contributed by atoms with Crippen LogP contribution in [-0.4, -0.2) is 26.9 Å². The Hall–Kier alpha value is -1.52. The molecule has 1 fully saturated rings. The molecule has 0 aromatic carbocycles. The van der Waals surface area contributed by atoms with E-state index < -0.39 is 5.97 Å². The van der Waals surface area contributed by atoms with Gasteiger partial charge in [0.15, 0.2) is 0 Å². The van der Waals surface area contributed by atoms with Gasteiger partial charge in [0.05, 0.1) is 5.92 Å². The molecule has 76 valence electrons. The lowest BCUT2D eigenvalue weighted by Crippen LogP contribution is -2.43. The number of nitrogens with one attached hydrogen (secondary N) is 1. The van der Waals surface area contributed by atoms with Gasteiger partial charge in [-0.3, -0.25) is 9.48 Å². The van der Waals surface area contributed by atoms with E-state index in [9.17, 15) is 4.79 Å². The second-order valence-electron chi connectivity index (χ2n) is 3.65. The maximum atomic E-state index is 10.7. The van der Waals surface area contributed by atoms with Crippen LogP contribution in [0.2, 0.25) is 0 Å². The van der Waals surface area contributed by atoms with Gasteiger partial charge in [-0.05, 0) is 12.8 Å². The Labute approximate surface area is 81.7 Å². The molecular formula is C9H13N3O2. The number of aliphatic carboxylic acids is 1. The summed E-state index contributed by atoms with van der Waals surface area (Å²) in [6.45, 7) is 0. The largest absolute Gasteiger partial charge is 0.481 e. The number of nitrogens with zero attached hydrogens (tertiary/aromatic N) is 2. The minimum absolute atomic E-state index is 0.0439. The smallest absolute Gasteiger partial charge is 0.308 e. The number of carboxylic acid groups (broad SMARTS) is 1. The molecule has 2 unspecified atom stereocenters. The molecule has 14 heavy (non-hydrogen) atoms. The van der Waals surface area contributed by atoms with Crippen LogP contribution < -0.4 is 5.32 Å². The SMILES string of the molecule is Cn1ccc(NC2CCC2C(=O)O)n1. The zero-order chi connectivity index (χ0) is 10.1. The molecule has 1 aliphatic carbocycles. The van der Waals surface area contributed by atoms with Crippen LogP contribution >= 0.6 is 0 Å². The summed E-state index contributed by atoms with van der Waals surface area (Å²) in [5.41, 5.74) is 0. The van der Waals surface area contributed by atoms with Crippen molar-refractivity contribution in [3.05, 3.63) is 12.3 Å². The maximum Gasteiger partial charge on any atom is 0.308 e. The first kappa shape index (κ1) is 9.05. The number of aromatic nitrogens is 2. The van der Waals surface area contributed by atoms with Gasteiger partial charge in [0.1, 0.15) is 5.82 Å². The summed E-state index contributed by atoms with van der Waals surface area (Å²) in [5.74, 6) is -0.217. The Morgan fingerprint density at radius 1 is 1.71 bits per heavy atom. The minimum atomic E-state index is -0.718. The van der Waals surface area contributed by atoms with Crippen molar-refractivity contribution < 1.29 is 9.90 Å². The standard InChI is InChI=1S/C9H13N3O2/c1-12-5-4-8(11-12)10-7-3-2-6(7)9(13)14/h4-7H,2-3H2,1H3,(H,10,11)(H,13,14). The molecular weight excluding hydrogens is 182 g/mol. The molecule has 0 aliphatic heterocycles. The van der Waals surface area contributed by atoms with Crippen molar-refractivity contribution in [3.8, 4) is 0 Å². The van der Waals surface area contributed by atoms with Crippen LogP contribution in [-0.2, 0) is 11.8 Å². The van der Waals surface area contributed by atoms with Crippen LogP contribution in [0.3, 0.4) is 0 Å². The lowest BCUT2D eigenvalue weighted by Gasteiger charge is -2.33. The third-order valence-electron chi connectivity index (χ3n) is 2.64. The van der Waals surface area contributed by atoms with Gasteiger partial charge in [0, 0.05) is 25.4 Å². The Morgan fingerprint density at radius 2 is 2.50 bits per heavy atom. The van der Waals surface area contributed by atoms with Gasteiger partial charge in [0.2, 0.25) is 0 Å². The van der Waals surface area contributed by atoms with Crippen LogP contribution in [0.1, 0.15) is 12.8 Å². The van der Waals surface area contributed by atoms with Gasteiger partial charge >= 0.3 is 5.97 Å². The minimum Gasteiger partial charge on any atom is -0.481 e. The van der Waals surface area contributed by atoms with E-state index in [0.717, 1.165) is 18.7 Å². The van der Waals surface area contributed by atoms with E-state index in [1.165, 1.54) is 0 Å². The second-order valence-corrected chi connectivity index (χ2v) is 3.65. The van der Waals surface area contributed by atoms with Crippen LogP contribution in [0.25, 0.3) is 0 Å². The highest BCUT2D eigenvalue weighted by Crippen LogP contribution is 2.30. The Kier molecular flexibility index (Phi) is 2.15. The molecule has 0 saturated heterocycles. The average Bonchev–Trinajstić information content (AvgIpc) is 2.44. The Bertz CT molecular complexity index is 348. The summed E-state index contributed by atoms with van der Waals surface area (Å²) in [5, 5.41) is 16.1. The van der Waals surface area contributed by atoms with Gasteiger partial charge in [-0.25, -0.2) is 0 Å². The summed E-state index contributed by atoms with van der Waals surface area (Å²) in [6, 6.07) is 1.89. The molecule has 1 heterocycles. The van der Waals surface area contributed by atoms with Crippen LogP contribution in [0.4, 0.5) is 5.82 Å². The fraction of sp³-hybridized carbons (Fsp3) is 0.556. The zero-order valence-corrected chi connectivity index (χ0v) is 7.97. The second kappa shape index (κ2) is 3.32. The molecule has 5 heteroatoms. The van der Waals surface area contributed by atoms with Crippen molar-refractivity contribution in [2.45, 2.75) is 18.9 Å². The van der Waals surface area contributed by atoms with Crippen LogP contribution in [0.5, 0.6) is 0 Å². The highest BCUT2D eigenvalue weighted by Gasteiger charge is 2.36. The number of hydrogen-bond donors (Lipinski definition) is 2. The van der Waals surface area contributed by atoms with Crippen molar-refractivity contribution in [3.63, 3.8) is 0 Å². The number of aryl methyl sites for hydroxylation is 1. The van der Waals surface area contributed by atoms with Crippen LogP contribution in [0.15, 0.2) is 12.3 Å². The first-order valence-corrected chi connectivity index (χ1v) is 4.66. The quantitative estimate of drug-likeness (QED) is 0.744. The molecule has 2 atom stereocenters. The summed E-state index contributed by atoms with van der Waals surface area (Å²) in [4.78, 5) is 10.7. The fourth-order valence-corrected chi connectivity index (χ4v) is 1.65. The monoisotopic (exact) mass is 195 g/mol. The summed E-state index contributed by atoms with van der Waals surface area (Å²) in [6.07, 6.45) is 3.50. The van der Waals surface area contributed by atoms with E-state index in [4.69, 9.17) is 5.11 Å². The van der Waals surface area contributed by atoms with E-state index in [-0.39, 0.29) is 12.0 Å². The first-order valence-electron chi connectivity index (χ1n) is 4.66. The van der Waals surface area contributed by atoms with Gasteiger partial charge in [-0.15, -0.1) is 0 Å². The first-order chi connectivity index (χ1) is 6.66. The summed E-state index contributed by atoms with van der Waals surface area (Å²) in [7, 11) is 1.83. The Morgan fingerprint density at radius 3 is 2.93 bits per heavy atom. The topological polar surface area (TPSA) is 67.2 Å². The average molecular weight is 195 g/mol. The molecule has 1 aromatic heterocycles. The third kappa shape index (κ3) is 1.57. The van der Waals surface area contributed by atoms with E-state index in [1.54, 1.807) is 4.68 Å². The molecule has 2 N–H and O–H groups in total. The zero-order valence-electron chi connectivity index (χ0n) is 7.97. The van der Waals surface area contributed by atoms with Gasteiger partial charge in [-0.2, -0.15) is 5.10 Å². The lowest BCUT2D eigenvalue weighted by molar-refractivity contribution is -0.144. The number of anilines is 1. The van der Waals surface area contributed by atoms with Gasteiger partial charge < -0.3 is 10.4 Å². The predicted molar refractivity (Wildman–Crippen MR) is 51.0 cm³/mol. The molecule has 0 radical (unpaired) electrons. The Balaban J connectivity index is 1.95. The van der Waals surface area contributed by atoms with Crippen molar-refractivity contribution >= 4 is 11.8 Å². The number of hydrogen-bond acceptors (Lipinski definition) is 3. The van der Waals surface area contributed by atoms with Crippen molar-refractivity contribution in [1.29, 1.82) is 0 Å². The van der Waals surface area contributed by atoms with Gasteiger partial charge in [0.25, 0.3) is 0 Å². The summed E-state index contributed by atoms with van der Waals surface area (Å²) >= 11 is 0. The molecule has 1 aliphatic rings. The molecule has 5 nitrogen and oxygen atoms in total. The normalized spacial score (nSPS) is 25.5. The molecule has 1 aromatic rings. The van der Waals surface area contributed by atoms with E-state index >= 15 is 0 Å². The highest BCUT2D eigenvalue weighted by atomic mass is 16.4. The van der Waals surface area contributed by atoms with Crippen molar-refractivity contribution in [2.75, 3.05) is 5.32 Å². The van der Waals surface area contributed by atoms with Gasteiger partial charge in [-0.1, -0.05) is 0 Å². The number of carbonyl (C=O) groups is 1. The fourth-order valence-electron chi connectivity index (χ4n) is 1.65. The maximum absolute atomic E-state index is 10.7. The van der Waals surface area contributed by atoms with Crippen molar-refractivity contribution in [2.24, 2.45) is 13.0 Å². The molecule has 1 saturated carbocycles. The highest BCUT2D eigenvalue weighted by molar-refractivity contribution is 5.72. The van der Waals surface area contributed by atoms with Crippen molar-refractivity contribution in [1.82, 2.24) is 9.78 Å². The molecule has 0 bridgehead atoms. The summed E-state index contributed by atoms with van der Waals surface area (Å²) < 4.78 is 1.69.